The van der Waals surface area contributed by atoms with E-state index in [0.717, 1.165) is 6.42 Å². The summed E-state index contributed by atoms with van der Waals surface area (Å²) in [5, 5.41) is 3.52. The van der Waals surface area contributed by atoms with Crippen molar-refractivity contribution in [3.63, 3.8) is 0 Å². The number of rotatable bonds is 4. The number of carbonyl (C=O) groups excluding carboxylic acids is 2. The fourth-order valence-electron chi connectivity index (χ4n) is 2.51. The molecule has 0 bridgehead atoms. The number of hydrogen-bond donors (Lipinski definition) is 0. The highest BCUT2D eigenvalue weighted by Gasteiger charge is 2.28. The summed E-state index contributed by atoms with van der Waals surface area (Å²) in [5.74, 6) is -0.144. The van der Waals surface area contributed by atoms with Crippen LogP contribution in [-0.2, 0) is 11.2 Å². The van der Waals surface area contributed by atoms with Gasteiger partial charge in [0.25, 0.3) is 5.91 Å². The standard InChI is InChI=1S/C16H17N3O3/c20-15-12-19(16(21)14-6-8-17-22-14)11-10-18(15)9-7-13-4-2-1-3-5-13/h1-6,8H,7,9-12H2. The van der Waals surface area contributed by atoms with Crippen LogP contribution in [0, 0.1) is 0 Å². The second-order valence-corrected chi connectivity index (χ2v) is 5.22. The van der Waals surface area contributed by atoms with Gasteiger partial charge in [0, 0.05) is 25.7 Å². The van der Waals surface area contributed by atoms with Crippen LogP contribution in [0.3, 0.4) is 0 Å². The van der Waals surface area contributed by atoms with E-state index in [9.17, 15) is 9.59 Å². The largest absolute Gasteiger partial charge is 0.351 e. The summed E-state index contributed by atoms with van der Waals surface area (Å²) in [6, 6.07) is 11.6. The highest BCUT2D eigenvalue weighted by atomic mass is 16.5. The first-order chi connectivity index (χ1) is 10.7. The number of amides is 2. The molecule has 6 heteroatoms. The average Bonchev–Trinajstić information content (AvgIpc) is 3.08. The van der Waals surface area contributed by atoms with Gasteiger partial charge in [0.1, 0.15) is 6.54 Å². The Hall–Kier alpha value is -2.63. The Morgan fingerprint density at radius 1 is 1.18 bits per heavy atom. The summed E-state index contributed by atoms with van der Waals surface area (Å²) in [4.78, 5) is 27.6. The second kappa shape index (κ2) is 6.43. The van der Waals surface area contributed by atoms with Crippen LogP contribution in [0.5, 0.6) is 0 Å². The smallest absolute Gasteiger partial charge is 0.292 e. The van der Waals surface area contributed by atoms with Gasteiger partial charge in [-0.15, -0.1) is 0 Å². The molecule has 2 heterocycles. The van der Waals surface area contributed by atoms with Crippen LogP contribution in [-0.4, -0.2) is 52.9 Å². The Balaban J connectivity index is 1.54. The van der Waals surface area contributed by atoms with E-state index < -0.39 is 0 Å². The summed E-state index contributed by atoms with van der Waals surface area (Å²) in [6.45, 7) is 1.83. The van der Waals surface area contributed by atoms with E-state index in [0.29, 0.717) is 19.6 Å². The van der Waals surface area contributed by atoms with Crippen LogP contribution in [0.4, 0.5) is 0 Å². The van der Waals surface area contributed by atoms with E-state index in [2.05, 4.69) is 5.16 Å². The lowest BCUT2D eigenvalue weighted by Crippen LogP contribution is -2.52. The highest BCUT2D eigenvalue weighted by molar-refractivity contribution is 5.94. The SMILES string of the molecule is O=C1CN(C(=O)c2ccno2)CCN1CCc1ccccc1. The molecule has 22 heavy (non-hydrogen) atoms. The Labute approximate surface area is 128 Å². The summed E-state index contributed by atoms with van der Waals surface area (Å²) in [7, 11) is 0. The summed E-state index contributed by atoms with van der Waals surface area (Å²) in [5.41, 5.74) is 1.20. The zero-order chi connectivity index (χ0) is 15.4. The minimum atomic E-state index is -0.284. The van der Waals surface area contributed by atoms with Crippen molar-refractivity contribution in [1.29, 1.82) is 0 Å². The molecule has 0 unspecified atom stereocenters. The van der Waals surface area contributed by atoms with Crippen LogP contribution >= 0.6 is 0 Å². The number of carbonyl (C=O) groups is 2. The van der Waals surface area contributed by atoms with Crippen molar-refractivity contribution >= 4 is 11.8 Å². The number of hydrogen-bond acceptors (Lipinski definition) is 4. The van der Waals surface area contributed by atoms with Gasteiger partial charge in [-0.25, -0.2) is 0 Å². The maximum absolute atomic E-state index is 12.2. The number of nitrogens with zero attached hydrogens (tertiary/aromatic N) is 3. The number of piperazine rings is 1. The molecule has 3 rings (SSSR count). The van der Waals surface area contributed by atoms with E-state index in [-0.39, 0.29) is 24.1 Å². The average molecular weight is 299 g/mol. The van der Waals surface area contributed by atoms with Crippen molar-refractivity contribution in [3.8, 4) is 0 Å². The van der Waals surface area contributed by atoms with Crippen molar-refractivity contribution in [2.24, 2.45) is 0 Å². The van der Waals surface area contributed by atoms with Gasteiger partial charge in [0.2, 0.25) is 11.7 Å². The molecule has 0 atom stereocenters. The first-order valence-electron chi connectivity index (χ1n) is 7.26. The zero-order valence-electron chi connectivity index (χ0n) is 12.1. The van der Waals surface area contributed by atoms with Gasteiger partial charge in [0.05, 0.1) is 6.20 Å². The van der Waals surface area contributed by atoms with Gasteiger partial charge in [-0.2, -0.15) is 0 Å². The Morgan fingerprint density at radius 2 is 2.00 bits per heavy atom. The van der Waals surface area contributed by atoms with Gasteiger partial charge in [-0.05, 0) is 12.0 Å². The van der Waals surface area contributed by atoms with Crippen LogP contribution < -0.4 is 0 Å². The lowest BCUT2D eigenvalue weighted by molar-refractivity contribution is -0.134. The normalized spacial score (nSPS) is 15.2. The molecular formula is C16H17N3O3. The first-order valence-corrected chi connectivity index (χ1v) is 7.26. The zero-order valence-corrected chi connectivity index (χ0v) is 12.1. The Kier molecular flexibility index (Phi) is 4.18. The minimum Gasteiger partial charge on any atom is -0.351 e. The number of aromatic nitrogens is 1. The topological polar surface area (TPSA) is 66.7 Å². The quantitative estimate of drug-likeness (QED) is 0.851. The molecule has 1 aromatic carbocycles. The molecule has 114 valence electrons. The van der Waals surface area contributed by atoms with Crippen LogP contribution in [0.2, 0.25) is 0 Å². The van der Waals surface area contributed by atoms with Crippen LogP contribution in [0.15, 0.2) is 47.1 Å². The van der Waals surface area contributed by atoms with Gasteiger partial charge in [-0.1, -0.05) is 35.5 Å². The van der Waals surface area contributed by atoms with Crippen molar-refractivity contribution in [1.82, 2.24) is 15.0 Å². The van der Waals surface area contributed by atoms with Gasteiger partial charge < -0.3 is 14.3 Å². The molecule has 6 nitrogen and oxygen atoms in total. The van der Waals surface area contributed by atoms with Gasteiger partial charge >= 0.3 is 0 Å². The van der Waals surface area contributed by atoms with Crippen molar-refractivity contribution in [2.45, 2.75) is 6.42 Å². The molecule has 0 N–H and O–H groups in total. The molecule has 0 spiro atoms. The third-order valence-electron chi connectivity index (χ3n) is 3.77. The van der Waals surface area contributed by atoms with Crippen LogP contribution in [0.1, 0.15) is 16.1 Å². The molecule has 1 aliphatic heterocycles. The molecule has 1 fully saturated rings. The minimum absolute atomic E-state index is 0.0324. The monoisotopic (exact) mass is 299 g/mol. The van der Waals surface area contributed by atoms with Crippen molar-refractivity contribution < 1.29 is 14.1 Å². The molecular weight excluding hydrogens is 282 g/mol. The molecule has 2 aromatic rings. The molecule has 0 radical (unpaired) electrons. The van der Waals surface area contributed by atoms with E-state index in [1.165, 1.54) is 22.7 Å². The van der Waals surface area contributed by atoms with Crippen molar-refractivity contribution in [2.75, 3.05) is 26.2 Å². The molecule has 1 saturated heterocycles. The summed E-state index contributed by atoms with van der Waals surface area (Å²) < 4.78 is 4.85. The van der Waals surface area contributed by atoms with E-state index >= 15 is 0 Å². The fourth-order valence-corrected chi connectivity index (χ4v) is 2.51. The van der Waals surface area contributed by atoms with E-state index in [1.54, 1.807) is 4.90 Å². The maximum Gasteiger partial charge on any atom is 0.292 e. The lowest BCUT2D eigenvalue weighted by atomic mass is 10.1. The third kappa shape index (κ3) is 3.16. The molecule has 0 aliphatic carbocycles. The van der Waals surface area contributed by atoms with Crippen LogP contribution in [0.25, 0.3) is 0 Å². The molecule has 0 saturated carbocycles. The second-order valence-electron chi connectivity index (χ2n) is 5.22. The van der Waals surface area contributed by atoms with Gasteiger partial charge in [0.15, 0.2) is 0 Å². The Morgan fingerprint density at radius 3 is 2.68 bits per heavy atom. The summed E-state index contributed by atoms with van der Waals surface area (Å²) in [6.07, 6.45) is 2.24. The Bertz CT molecular complexity index is 640. The fraction of sp³-hybridized carbons (Fsp3) is 0.312. The maximum atomic E-state index is 12.2. The predicted molar refractivity (Wildman–Crippen MR) is 79.1 cm³/mol. The highest BCUT2D eigenvalue weighted by Crippen LogP contribution is 2.10. The summed E-state index contributed by atoms with van der Waals surface area (Å²) >= 11 is 0. The van der Waals surface area contributed by atoms with E-state index in [1.807, 2.05) is 30.3 Å². The lowest BCUT2D eigenvalue weighted by Gasteiger charge is -2.33. The third-order valence-corrected chi connectivity index (χ3v) is 3.77. The first kappa shape index (κ1) is 14.3. The predicted octanol–water partition coefficient (Wildman–Crippen LogP) is 1.20. The van der Waals surface area contributed by atoms with Crippen molar-refractivity contribution in [3.05, 3.63) is 53.9 Å². The number of benzene rings is 1. The van der Waals surface area contributed by atoms with Gasteiger partial charge in [-0.3, -0.25) is 9.59 Å². The molecule has 1 aliphatic rings. The molecule has 1 aromatic heterocycles. The van der Waals surface area contributed by atoms with E-state index in [4.69, 9.17) is 4.52 Å². The molecule has 2 amide bonds.